The van der Waals surface area contributed by atoms with Crippen LogP contribution in [0.25, 0.3) is 0 Å². The van der Waals surface area contributed by atoms with E-state index < -0.39 is 18.2 Å². The van der Waals surface area contributed by atoms with Crippen molar-refractivity contribution < 1.29 is 19.7 Å². The Hall–Kier alpha value is -1.12. The molecule has 0 aromatic heterocycles. The number of esters is 1. The molecule has 0 saturated heterocycles. The number of hydrogen-bond acceptors (Lipinski definition) is 5. The molecule has 74 valence electrons. The van der Waals surface area contributed by atoms with E-state index in [0.29, 0.717) is 0 Å². The van der Waals surface area contributed by atoms with E-state index in [1.165, 1.54) is 7.11 Å². The highest BCUT2D eigenvalue weighted by molar-refractivity contribution is 5.69. The largest absolute Gasteiger partial charge is 0.469 e. The van der Waals surface area contributed by atoms with Gasteiger partial charge in [0.25, 0.3) is 0 Å². The molecule has 0 unspecified atom stereocenters. The van der Waals surface area contributed by atoms with Crippen LogP contribution in [0.1, 0.15) is 19.3 Å². The molecule has 0 amide bonds. The van der Waals surface area contributed by atoms with Crippen LogP contribution in [-0.4, -0.2) is 35.5 Å². The summed E-state index contributed by atoms with van der Waals surface area (Å²) in [4.78, 5) is 10.6. The van der Waals surface area contributed by atoms with Gasteiger partial charge < -0.3 is 14.9 Å². The minimum absolute atomic E-state index is 0.0165. The number of nitrogens with zero attached hydrogens (tertiary/aromatic N) is 1. The Morgan fingerprint density at radius 2 is 2.15 bits per heavy atom. The molecule has 0 saturated carbocycles. The van der Waals surface area contributed by atoms with E-state index in [-0.39, 0.29) is 19.3 Å². The van der Waals surface area contributed by atoms with E-state index in [2.05, 4.69) is 4.74 Å². The van der Waals surface area contributed by atoms with Gasteiger partial charge in [-0.2, -0.15) is 5.26 Å². The van der Waals surface area contributed by atoms with Crippen LogP contribution in [0.2, 0.25) is 0 Å². The lowest BCUT2D eigenvalue weighted by atomic mass is 10.1. The first-order chi connectivity index (χ1) is 6.10. The SMILES string of the molecule is COC(=O)C[C@H](O)C[C@H](O)CC#N. The molecule has 0 radical (unpaired) electrons. The standard InChI is InChI=1S/C8H13NO4/c1-13-8(12)5-7(11)4-6(10)2-3-9/h6-7,10-11H,2,4-5H2,1H3/t6-,7-/m1/s1. The van der Waals surface area contributed by atoms with E-state index in [1.54, 1.807) is 6.07 Å². The maximum Gasteiger partial charge on any atom is 0.308 e. The Morgan fingerprint density at radius 1 is 1.54 bits per heavy atom. The van der Waals surface area contributed by atoms with Gasteiger partial charge >= 0.3 is 5.97 Å². The van der Waals surface area contributed by atoms with Gasteiger partial charge in [0.1, 0.15) is 0 Å². The molecular formula is C8H13NO4. The van der Waals surface area contributed by atoms with Crippen LogP contribution < -0.4 is 0 Å². The third kappa shape index (κ3) is 6.08. The van der Waals surface area contributed by atoms with E-state index in [9.17, 15) is 9.90 Å². The third-order valence-electron chi connectivity index (χ3n) is 1.50. The molecule has 0 aromatic carbocycles. The number of nitriles is 1. The summed E-state index contributed by atoms with van der Waals surface area (Å²) in [6, 6.07) is 1.76. The highest BCUT2D eigenvalue weighted by Crippen LogP contribution is 2.05. The minimum Gasteiger partial charge on any atom is -0.469 e. The topological polar surface area (TPSA) is 90.6 Å². The van der Waals surface area contributed by atoms with Crippen LogP contribution in [0.4, 0.5) is 0 Å². The van der Waals surface area contributed by atoms with Crippen molar-refractivity contribution in [3.63, 3.8) is 0 Å². The number of methoxy groups -OCH3 is 1. The molecule has 0 aliphatic carbocycles. The lowest BCUT2D eigenvalue weighted by Gasteiger charge is -2.11. The maximum atomic E-state index is 10.6. The monoisotopic (exact) mass is 187 g/mol. The van der Waals surface area contributed by atoms with Gasteiger partial charge in [-0.25, -0.2) is 0 Å². The van der Waals surface area contributed by atoms with Gasteiger partial charge in [0.15, 0.2) is 0 Å². The van der Waals surface area contributed by atoms with Gasteiger partial charge in [-0.05, 0) is 0 Å². The fourth-order valence-corrected chi connectivity index (χ4v) is 0.862. The van der Waals surface area contributed by atoms with Crippen LogP contribution in [0.5, 0.6) is 0 Å². The van der Waals surface area contributed by atoms with Gasteiger partial charge in [0, 0.05) is 6.42 Å². The number of carbonyl (C=O) groups excluding carboxylic acids is 1. The fourth-order valence-electron chi connectivity index (χ4n) is 0.862. The number of aliphatic hydroxyl groups is 2. The third-order valence-corrected chi connectivity index (χ3v) is 1.50. The molecule has 5 nitrogen and oxygen atoms in total. The summed E-state index contributed by atoms with van der Waals surface area (Å²) in [6.45, 7) is 0. The summed E-state index contributed by atoms with van der Waals surface area (Å²) in [5.74, 6) is -0.531. The Bertz CT molecular complexity index is 199. The molecule has 0 bridgehead atoms. The van der Waals surface area contributed by atoms with E-state index in [1.807, 2.05) is 0 Å². The smallest absolute Gasteiger partial charge is 0.308 e. The average Bonchev–Trinajstić information content (AvgIpc) is 2.04. The summed E-state index contributed by atoms with van der Waals surface area (Å²) in [5.41, 5.74) is 0. The number of hydrogen-bond donors (Lipinski definition) is 2. The van der Waals surface area contributed by atoms with Crippen LogP contribution in [-0.2, 0) is 9.53 Å². The minimum atomic E-state index is -0.948. The molecule has 13 heavy (non-hydrogen) atoms. The zero-order valence-corrected chi connectivity index (χ0v) is 7.43. The van der Waals surface area contributed by atoms with Gasteiger partial charge in [-0.1, -0.05) is 0 Å². The first-order valence-electron chi connectivity index (χ1n) is 3.90. The van der Waals surface area contributed by atoms with Gasteiger partial charge in [0.05, 0.1) is 38.2 Å². The molecule has 2 N–H and O–H groups in total. The van der Waals surface area contributed by atoms with Crippen molar-refractivity contribution >= 4 is 5.97 Å². The summed E-state index contributed by atoms with van der Waals surface area (Å²) in [7, 11) is 1.22. The zero-order valence-electron chi connectivity index (χ0n) is 7.43. The Morgan fingerprint density at radius 3 is 2.62 bits per heavy atom. The lowest BCUT2D eigenvalue weighted by Crippen LogP contribution is -2.21. The lowest BCUT2D eigenvalue weighted by molar-refractivity contribution is -0.143. The average molecular weight is 187 g/mol. The molecule has 0 aliphatic heterocycles. The highest BCUT2D eigenvalue weighted by Gasteiger charge is 2.15. The van der Waals surface area contributed by atoms with Crippen molar-refractivity contribution in [1.82, 2.24) is 0 Å². The van der Waals surface area contributed by atoms with Crippen molar-refractivity contribution in [3.8, 4) is 6.07 Å². The zero-order chi connectivity index (χ0) is 10.3. The first-order valence-corrected chi connectivity index (χ1v) is 3.90. The quantitative estimate of drug-likeness (QED) is 0.570. The molecule has 0 heterocycles. The van der Waals surface area contributed by atoms with Crippen molar-refractivity contribution in [3.05, 3.63) is 0 Å². The van der Waals surface area contributed by atoms with Crippen LogP contribution in [0, 0.1) is 11.3 Å². The number of aliphatic hydroxyl groups excluding tert-OH is 2. The van der Waals surface area contributed by atoms with Crippen LogP contribution in [0.15, 0.2) is 0 Å². The predicted octanol–water partition coefficient (Wildman–Crippen LogP) is -0.425. The molecule has 2 atom stereocenters. The van der Waals surface area contributed by atoms with Crippen molar-refractivity contribution in [2.45, 2.75) is 31.5 Å². The summed E-state index contributed by atoms with van der Waals surface area (Å²) in [5, 5.41) is 26.4. The van der Waals surface area contributed by atoms with E-state index in [4.69, 9.17) is 10.4 Å². The molecule has 0 aliphatic rings. The Labute approximate surface area is 76.5 Å². The molecule has 0 spiro atoms. The van der Waals surface area contributed by atoms with E-state index in [0.717, 1.165) is 0 Å². The first kappa shape index (κ1) is 11.9. The Balaban J connectivity index is 3.68. The van der Waals surface area contributed by atoms with Gasteiger partial charge in [-0.15, -0.1) is 0 Å². The van der Waals surface area contributed by atoms with Crippen LogP contribution >= 0.6 is 0 Å². The second-order valence-corrected chi connectivity index (χ2v) is 2.69. The predicted molar refractivity (Wildman–Crippen MR) is 43.5 cm³/mol. The second-order valence-electron chi connectivity index (χ2n) is 2.69. The number of carbonyl (C=O) groups is 1. The maximum absolute atomic E-state index is 10.6. The van der Waals surface area contributed by atoms with Crippen molar-refractivity contribution in [2.75, 3.05) is 7.11 Å². The van der Waals surface area contributed by atoms with Gasteiger partial charge in [0.2, 0.25) is 0 Å². The van der Waals surface area contributed by atoms with Crippen LogP contribution in [0.3, 0.4) is 0 Å². The number of rotatable bonds is 5. The summed E-state index contributed by atoms with van der Waals surface area (Å²) < 4.78 is 4.32. The van der Waals surface area contributed by atoms with Gasteiger partial charge in [-0.3, -0.25) is 4.79 Å². The molecule has 0 fully saturated rings. The highest BCUT2D eigenvalue weighted by atomic mass is 16.5. The normalized spacial score (nSPS) is 14.3. The van der Waals surface area contributed by atoms with Crippen molar-refractivity contribution in [1.29, 1.82) is 5.26 Å². The fraction of sp³-hybridized carbons (Fsp3) is 0.750. The second kappa shape index (κ2) is 6.40. The molecule has 0 aromatic rings. The van der Waals surface area contributed by atoms with Crippen molar-refractivity contribution in [2.24, 2.45) is 0 Å². The summed E-state index contributed by atoms with van der Waals surface area (Å²) >= 11 is 0. The molecular weight excluding hydrogens is 174 g/mol. The summed E-state index contributed by atoms with van der Waals surface area (Å²) in [6.07, 6.45) is -2.01. The number of ether oxygens (including phenoxy) is 1. The molecule has 5 heteroatoms. The Kier molecular flexibility index (Phi) is 5.85. The van der Waals surface area contributed by atoms with E-state index >= 15 is 0 Å². The molecule has 0 rings (SSSR count).